The summed E-state index contributed by atoms with van der Waals surface area (Å²) in [5.41, 5.74) is 0.553. The molecule has 1 unspecified atom stereocenters. The summed E-state index contributed by atoms with van der Waals surface area (Å²) in [6, 6.07) is 0. The van der Waals surface area contributed by atoms with Gasteiger partial charge in [0, 0.05) is 12.1 Å². The first kappa shape index (κ1) is 10.0. The minimum Gasteiger partial charge on any atom is -0.320 e. The second-order valence-corrected chi connectivity index (χ2v) is 3.76. The van der Waals surface area contributed by atoms with E-state index in [1.54, 1.807) is 0 Å². The van der Waals surface area contributed by atoms with E-state index in [1.807, 2.05) is 7.05 Å². The van der Waals surface area contributed by atoms with Gasteiger partial charge >= 0.3 is 0 Å². The van der Waals surface area contributed by atoms with Crippen LogP contribution in [0.4, 0.5) is 0 Å². The molecule has 0 spiro atoms. The van der Waals surface area contributed by atoms with Gasteiger partial charge in [0.2, 0.25) is 0 Å². The van der Waals surface area contributed by atoms with E-state index >= 15 is 0 Å². The van der Waals surface area contributed by atoms with Crippen LogP contribution in [-0.4, -0.2) is 37.1 Å². The summed E-state index contributed by atoms with van der Waals surface area (Å²) in [6.45, 7) is 8.27. The maximum Gasteiger partial charge on any atom is 0.0231 e. The molecule has 0 amide bonds. The Morgan fingerprint density at radius 1 is 1.42 bits per heavy atom. The highest BCUT2D eigenvalue weighted by atomic mass is 15.3. The van der Waals surface area contributed by atoms with Gasteiger partial charge in [-0.3, -0.25) is 4.90 Å². The fourth-order valence-corrected chi connectivity index (χ4v) is 2.30. The summed E-state index contributed by atoms with van der Waals surface area (Å²) in [4.78, 5) is 2.62. The summed E-state index contributed by atoms with van der Waals surface area (Å²) in [6.07, 6.45) is 4.02. The predicted octanol–water partition coefficient (Wildman–Crippen LogP) is 1.47. The second-order valence-electron chi connectivity index (χ2n) is 3.76. The molecule has 2 heteroatoms. The molecular formula is C10H22N2. The Bertz CT molecular complexity index is 130. The average molecular weight is 170 g/mol. The van der Waals surface area contributed by atoms with Crippen LogP contribution in [0.5, 0.6) is 0 Å². The van der Waals surface area contributed by atoms with Crippen molar-refractivity contribution in [2.24, 2.45) is 0 Å². The molecule has 72 valence electrons. The van der Waals surface area contributed by atoms with E-state index in [0.29, 0.717) is 5.54 Å². The zero-order valence-corrected chi connectivity index (χ0v) is 8.69. The van der Waals surface area contributed by atoms with Crippen molar-refractivity contribution in [2.75, 3.05) is 26.7 Å². The van der Waals surface area contributed by atoms with Gasteiger partial charge < -0.3 is 5.32 Å². The quantitative estimate of drug-likeness (QED) is 0.672. The summed E-state index contributed by atoms with van der Waals surface area (Å²) in [5, 5.41) is 3.24. The molecule has 0 bridgehead atoms. The molecular weight excluding hydrogens is 148 g/mol. The fourth-order valence-electron chi connectivity index (χ4n) is 2.30. The lowest BCUT2D eigenvalue weighted by Gasteiger charge is -2.53. The number of hydrogen-bond acceptors (Lipinski definition) is 2. The highest BCUT2D eigenvalue weighted by Crippen LogP contribution is 2.36. The number of hydrogen-bond donors (Lipinski definition) is 1. The summed E-state index contributed by atoms with van der Waals surface area (Å²) >= 11 is 0. The molecule has 1 heterocycles. The van der Waals surface area contributed by atoms with E-state index in [0.717, 1.165) is 6.54 Å². The van der Waals surface area contributed by atoms with Gasteiger partial charge in [0.05, 0.1) is 0 Å². The molecule has 1 rings (SSSR count). The van der Waals surface area contributed by atoms with E-state index in [-0.39, 0.29) is 0 Å². The minimum absolute atomic E-state index is 0.553. The van der Waals surface area contributed by atoms with Gasteiger partial charge in [-0.1, -0.05) is 13.8 Å². The second kappa shape index (κ2) is 4.24. The maximum atomic E-state index is 3.24. The van der Waals surface area contributed by atoms with Gasteiger partial charge in [0.1, 0.15) is 0 Å². The number of nitrogens with one attached hydrogen (secondary N) is 1. The van der Waals surface area contributed by atoms with Crippen LogP contribution in [0.15, 0.2) is 0 Å². The minimum atomic E-state index is 0.553. The zero-order chi connectivity index (χ0) is 9.03. The molecule has 1 aliphatic rings. The normalized spacial score (nSPS) is 30.2. The van der Waals surface area contributed by atoms with Crippen molar-refractivity contribution < 1.29 is 0 Å². The topological polar surface area (TPSA) is 15.3 Å². The monoisotopic (exact) mass is 170 g/mol. The van der Waals surface area contributed by atoms with Crippen LogP contribution in [0.1, 0.15) is 33.1 Å². The third-order valence-corrected chi connectivity index (χ3v) is 3.40. The molecule has 1 N–H and O–H groups in total. The Balaban J connectivity index is 2.40. The standard InChI is InChI=1S/C10H22N2/c1-4-10(6-8-11-3)7-9-12(10)5-2/h11H,4-9H2,1-3H3. The molecule has 1 atom stereocenters. The lowest BCUT2D eigenvalue weighted by atomic mass is 9.79. The third kappa shape index (κ3) is 1.64. The highest BCUT2D eigenvalue weighted by Gasteiger charge is 2.40. The van der Waals surface area contributed by atoms with E-state index in [9.17, 15) is 0 Å². The Kier molecular flexibility index (Phi) is 3.53. The molecule has 2 nitrogen and oxygen atoms in total. The smallest absolute Gasteiger partial charge is 0.0231 e. The Morgan fingerprint density at radius 3 is 2.50 bits per heavy atom. The molecule has 0 saturated carbocycles. The van der Waals surface area contributed by atoms with E-state index < -0.39 is 0 Å². The van der Waals surface area contributed by atoms with Gasteiger partial charge in [-0.25, -0.2) is 0 Å². The molecule has 1 fully saturated rings. The molecule has 0 aromatic rings. The Hall–Kier alpha value is -0.0800. The van der Waals surface area contributed by atoms with Crippen LogP contribution in [0.3, 0.4) is 0 Å². The van der Waals surface area contributed by atoms with Crippen molar-refractivity contribution in [3.05, 3.63) is 0 Å². The van der Waals surface area contributed by atoms with Gasteiger partial charge in [0.25, 0.3) is 0 Å². The average Bonchev–Trinajstić information content (AvgIpc) is 2.06. The Morgan fingerprint density at radius 2 is 2.17 bits per heavy atom. The lowest BCUT2D eigenvalue weighted by Crippen LogP contribution is -2.60. The first-order chi connectivity index (χ1) is 5.79. The number of rotatable bonds is 5. The SMILES string of the molecule is CCN1CCC1(CC)CCNC. The van der Waals surface area contributed by atoms with Crippen LogP contribution >= 0.6 is 0 Å². The van der Waals surface area contributed by atoms with E-state index in [4.69, 9.17) is 0 Å². The number of nitrogens with zero attached hydrogens (tertiary/aromatic N) is 1. The predicted molar refractivity (Wildman–Crippen MR) is 53.4 cm³/mol. The Labute approximate surface area is 76.3 Å². The number of likely N-dealkylation sites (tertiary alicyclic amines) is 1. The summed E-state index contributed by atoms with van der Waals surface area (Å²) in [5.74, 6) is 0. The van der Waals surface area contributed by atoms with Crippen molar-refractivity contribution in [2.45, 2.75) is 38.6 Å². The van der Waals surface area contributed by atoms with Crippen LogP contribution in [0.2, 0.25) is 0 Å². The molecule has 0 radical (unpaired) electrons. The zero-order valence-electron chi connectivity index (χ0n) is 8.69. The maximum absolute atomic E-state index is 3.24. The van der Waals surface area contributed by atoms with Crippen LogP contribution in [-0.2, 0) is 0 Å². The first-order valence-corrected chi connectivity index (χ1v) is 5.18. The first-order valence-electron chi connectivity index (χ1n) is 5.18. The van der Waals surface area contributed by atoms with Crippen LogP contribution in [0, 0.1) is 0 Å². The van der Waals surface area contributed by atoms with Crippen LogP contribution < -0.4 is 5.32 Å². The largest absolute Gasteiger partial charge is 0.320 e. The third-order valence-electron chi connectivity index (χ3n) is 3.40. The van der Waals surface area contributed by atoms with Gasteiger partial charge in [-0.2, -0.15) is 0 Å². The molecule has 0 aliphatic carbocycles. The van der Waals surface area contributed by atoms with Gasteiger partial charge in [0.15, 0.2) is 0 Å². The van der Waals surface area contributed by atoms with E-state index in [1.165, 1.54) is 32.4 Å². The van der Waals surface area contributed by atoms with Crippen molar-refractivity contribution in [3.8, 4) is 0 Å². The van der Waals surface area contributed by atoms with Gasteiger partial charge in [-0.15, -0.1) is 0 Å². The fraction of sp³-hybridized carbons (Fsp3) is 1.00. The molecule has 0 aromatic heterocycles. The van der Waals surface area contributed by atoms with Gasteiger partial charge in [-0.05, 0) is 39.4 Å². The molecule has 0 aromatic carbocycles. The van der Waals surface area contributed by atoms with Crippen molar-refractivity contribution >= 4 is 0 Å². The van der Waals surface area contributed by atoms with Crippen LogP contribution in [0.25, 0.3) is 0 Å². The summed E-state index contributed by atoms with van der Waals surface area (Å²) in [7, 11) is 2.04. The lowest BCUT2D eigenvalue weighted by molar-refractivity contribution is -0.0190. The van der Waals surface area contributed by atoms with E-state index in [2.05, 4.69) is 24.1 Å². The van der Waals surface area contributed by atoms with Crippen molar-refractivity contribution in [1.29, 1.82) is 0 Å². The van der Waals surface area contributed by atoms with Crippen molar-refractivity contribution in [3.63, 3.8) is 0 Å². The molecule has 1 aliphatic heterocycles. The molecule has 1 saturated heterocycles. The van der Waals surface area contributed by atoms with Crippen molar-refractivity contribution in [1.82, 2.24) is 10.2 Å². The molecule has 12 heavy (non-hydrogen) atoms. The summed E-state index contributed by atoms with van der Waals surface area (Å²) < 4.78 is 0. The highest BCUT2D eigenvalue weighted by molar-refractivity contribution is 4.98.